The zero-order valence-electron chi connectivity index (χ0n) is 8.25. The molecular weight excluding hydrogens is 226 g/mol. The van der Waals surface area contributed by atoms with Crippen molar-refractivity contribution in [3.63, 3.8) is 0 Å². The topological polar surface area (TPSA) is 75.7 Å². The minimum absolute atomic E-state index is 0.320. The van der Waals surface area contributed by atoms with Crippen LogP contribution >= 0.6 is 0 Å². The largest absolute Gasteiger partial charge is 0.235 e. The van der Waals surface area contributed by atoms with Gasteiger partial charge in [-0.3, -0.25) is 0 Å². The standard InChI is InChI=1S/C11H2F2N4/c1-17-11-6(2-3-14)7(4-15)9(12)8(5-16)10(11)13/h2H2. The average Bonchev–Trinajstić information content (AvgIpc) is 2.31. The van der Waals surface area contributed by atoms with E-state index < -0.39 is 34.9 Å². The smallest absolute Gasteiger partial charge is 0.229 e. The zero-order chi connectivity index (χ0) is 13.0. The molecule has 0 fully saturated rings. The molecule has 1 aromatic rings. The maximum absolute atomic E-state index is 13.5. The van der Waals surface area contributed by atoms with E-state index in [2.05, 4.69) is 4.85 Å². The lowest BCUT2D eigenvalue weighted by Crippen LogP contribution is -2.01. The fourth-order valence-corrected chi connectivity index (χ4v) is 1.31. The fraction of sp³-hybridized carbons (Fsp3) is 0.0909. The Kier molecular flexibility index (Phi) is 3.35. The number of nitrogens with zero attached hydrogens (tertiary/aromatic N) is 4. The summed E-state index contributed by atoms with van der Waals surface area (Å²) in [6.07, 6.45) is -0.472. The van der Waals surface area contributed by atoms with Crippen LogP contribution in [0.4, 0.5) is 14.5 Å². The van der Waals surface area contributed by atoms with E-state index in [1.807, 2.05) is 0 Å². The van der Waals surface area contributed by atoms with Gasteiger partial charge in [0.05, 0.1) is 24.6 Å². The van der Waals surface area contributed by atoms with Crippen molar-refractivity contribution in [2.45, 2.75) is 6.42 Å². The molecule has 0 aliphatic carbocycles. The average molecular weight is 228 g/mol. The van der Waals surface area contributed by atoms with Crippen molar-refractivity contribution >= 4 is 5.69 Å². The number of hydrogen-bond acceptors (Lipinski definition) is 3. The minimum Gasteiger partial charge on any atom is -0.235 e. The quantitative estimate of drug-likeness (QED) is 0.692. The third kappa shape index (κ3) is 1.76. The van der Waals surface area contributed by atoms with Crippen molar-refractivity contribution in [2.75, 3.05) is 0 Å². The van der Waals surface area contributed by atoms with Crippen molar-refractivity contribution in [3.8, 4) is 18.2 Å². The second-order valence-corrected chi connectivity index (χ2v) is 2.88. The van der Waals surface area contributed by atoms with Gasteiger partial charge >= 0.3 is 0 Å². The molecule has 0 aliphatic rings. The summed E-state index contributed by atoms with van der Waals surface area (Å²) < 4.78 is 27.1. The molecule has 0 bridgehead atoms. The maximum atomic E-state index is 13.5. The number of hydrogen-bond donors (Lipinski definition) is 0. The molecule has 0 aliphatic heterocycles. The number of benzene rings is 1. The summed E-state index contributed by atoms with van der Waals surface area (Å²) in [5.74, 6) is -2.66. The summed E-state index contributed by atoms with van der Waals surface area (Å²) in [4.78, 5) is 2.80. The maximum Gasteiger partial charge on any atom is 0.229 e. The lowest BCUT2D eigenvalue weighted by atomic mass is 9.99. The lowest BCUT2D eigenvalue weighted by Gasteiger charge is -2.07. The van der Waals surface area contributed by atoms with Gasteiger partial charge < -0.3 is 0 Å². The van der Waals surface area contributed by atoms with Crippen LogP contribution in [0.15, 0.2) is 0 Å². The zero-order valence-corrected chi connectivity index (χ0v) is 8.25. The molecule has 0 spiro atoms. The van der Waals surface area contributed by atoms with Crippen molar-refractivity contribution in [2.24, 2.45) is 0 Å². The molecule has 0 N–H and O–H groups in total. The predicted molar refractivity (Wildman–Crippen MR) is 51.4 cm³/mol. The normalized spacial score (nSPS) is 8.59. The Morgan fingerprint density at radius 3 is 2.06 bits per heavy atom. The van der Waals surface area contributed by atoms with Crippen LogP contribution in [0.5, 0.6) is 0 Å². The van der Waals surface area contributed by atoms with Gasteiger partial charge in [0.25, 0.3) is 0 Å². The highest BCUT2D eigenvalue weighted by atomic mass is 19.1. The summed E-state index contributed by atoms with van der Waals surface area (Å²) in [5, 5.41) is 25.8. The first-order valence-electron chi connectivity index (χ1n) is 4.20. The molecule has 4 nitrogen and oxygen atoms in total. The Balaban J connectivity index is 3.88. The Labute approximate surface area is 95.4 Å². The Hall–Kier alpha value is -2.96. The van der Waals surface area contributed by atoms with E-state index in [1.54, 1.807) is 6.07 Å². The summed E-state index contributed by atoms with van der Waals surface area (Å²) >= 11 is 0. The monoisotopic (exact) mass is 228 g/mol. The molecule has 1 aromatic carbocycles. The van der Waals surface area contributed by atoms with E-state index >= 15 is 0 Å². The van der Waals surface area contributed by atoms with E-state index in [1.165, 1.54) is 12.1 Å². The number of halogens is 2. The van der Waals surface area contributed by atoms with Gasteiger partial charge in [0.1, 0.15) is 17.7 Å². The highest BCUT2D eigenvalue weighted by molar-refractivity contribution is 5.65. The Morgan fingerprint density at radius 1 is 1.06 bits per heavy atom. The number of nitriles is 3. The SMILES string of the molecule is [C-]#[N+]c1c(F)c(C#N)c(F)c(C#N)c1CC#N. The molecule has 6 heteroatoms. The van der Waals surface area contributed by atoms with Gasteiger partial charge in [-0.2, -0.15) is 15.8 Å². The molecule has 0 atom stereocenters. The number of rotatable bonds is 1. The van der Waals surface area contributed by atoms with E-state index in [0.29, 0.717) is 0 Å². The first-order chi connectivity index (χ1) is 8.12. The fourth-order valence-electron chi connectivity index (χ4n) is 1.31. The molecule has 0 saturated heterocycles. The molecule has 0 heterocycles. The Bertz CT molecular complexity index is 609. The molecule has 0 radical (unpaired) electrons. The van der Waals surface area contributed by atoms with Crippen LogP contribution in [-0.4, -0.2) is 0 Å². The molecule has 0 unspecified atom stereocenters. The summed E-state index contributed by atoms with van der Waals surface area (Å²) in [5.41, 5.74) is -2.58. The van der Waals surface area contributed by atoms with Gasteiger partial charge in [-0.25, -0.2) is 13.6 Å². The van der Waals surface area contributed by atoms with Crippen LogP contribution in [-0.2, 0) is 6.42 Å². The van der Waals surface area contributed by atoms with Crippen LogP contribution in [0.1, 0.15) is 16.7 Å². The van der Waals surface area contributed by atoms with Crippen molar-refractivity contribution < 1.29 is 8.78 Å². The summed E-state index contributed by atoms with van der Waals surface area (Å²) in [6.45, 7) is 6.75. The van der Waals surface area contributed by atoms with E-state index in [9.17, 15) is 8.78 Å². The van der Waals surface area contributed by atoms with Crippen LogP contribution in [0.2, 0.25) is 0 Å². The molecule has 0 amide bonds. The predicted octanol–water partition coefficient (Wildman–Crippen LogP) is 2.33. The van der Waals surface area contributed by atoms with Gasteiger partial charge in [-0.05, 0) is 5.56 Å². The van der Waals surface area contributed by atoms with Gasteiger partial charge in [0, 0.05) is 0 Å². The first-order valence-corrected chi connectivity index (χ1v) is 4.20. The first kappa shape index (κ1) is 12.1. The molecule has 0 saturated carbocycles. The van der Waals surface area contributed by atoms with E-state index in [4.69, 9.17) is 22.4 Å². The van der Waals surface area contributed by atoms with Gasteiger partial charge in [0.15, 0.2) is 11.6 Å². The summed E-state index contributed by atoms with van der Waals surface area (Å²) in [6, 6.07) is 4.31. The highest BCUT2D eigenvalue weighted by Gasteiger charge is 2.24. The van der Waals surface area contributed by atoms with Gasteiger partial charge in [0.2, 0.25) is 5.69 Å². The molecule has 0 aromatic heterocycles. The lowest BCUT2D eigenvalue weighted by molar-refractivity contribution is 0.575. The van der Waals surface area contributed by atoms with Gasteiger partial charge in [-0.15, -0.1) is 0 Å². The van der Waals surface area contributed by atoms with Crippen LogP contribution < -0.4 is 0 Å². The van der Waals surface area contributed by atoms with Crippen LogP contribution in [0, 0.1) is 52.2 Å². The second kappa shape index (κ2) is 4.71. The van der Waals surface area contributed by atoms with Crippen LogP contribution in [0.25, 0.3) is 4.85 Å². The molecule has 1 rings (SSSR count). The Morgan fingerprint density at radius 2 is 1.65 bits per heavy atom. The third-order valence-electron chi connectivity index (χ3n) is 2.05. The van der Waals surface area contributed by atoms with Crippen LogP contribution in [0.3, 0.4) is 0 Å². The van der Waals surface area contributed by atoms with E-state index in [-0.39, 0.29) is 5.56 Å². The van der Waals surface area contributed by atoms with Crippen molar-refractivity contribution in [1.29, 1.82) is 15.8 Å². The van der Waals surface area contributed by atoms with Crippen molar-refractivity contribution in [1.82, 2.24) is 0 Å². The molecule has 17 heavy (non-hydrogen) atoms. The second-order valence-electron chi connectivity index (χ2n) is 2.88. The highest BCUT2D eigenvalue weighted by Crippen LogP contribution is 2.32. The molecular formula is C11H2F2N4. The molecule has 80 valence electrons. The third-order valence-corrected chi connectivity index (χ3v) is 2.05. The summed E-state index contributed by atoms with van der Waals surface area (Å²) in [7, 11) is 0. The van der Waals surface area contributed by atoms with E-state index in [0.717, 1.165) is 0 Å². The van der Waals surface area contributed by atoms with Crippen molar-refractivity contribution in [3.05, 3.63) is 39.7 Å². The minimum atomic E-state index is -1.33. The van der Waals surface area contributed by atoms with Gasteiger partial charge in [-0.1, -0.05) is 0 Å².